The molecule has 7 heteroatoms. The maximum atomic E-state index is 11.2. The number of rotatable bonds is 5. The number of nitrogens with two attached hydrogens (primary N) is 1. The number of hydrogen-bond donors (Lipinski definition) is 2. The topological polar surface area (TPSA) is 58.4 Å². The van der Waals surface area contributed by atoms with E-state index in [0.717, 1.165) is 18.7 Å². The van der Waals surface area contributed by atoms with Gasteiger partial charge in [-0.1, -0.05) is 12.1 Å². The van der Waals surface area contributed by atoms with Gasteiger partial charge in [-0.05, 0) is 24.1 Å². The van der Waals surface area contributed by atoms with Crippen molar-refractivity contribution in [3.63, 3.8) is 0 Å². The van der Waals surface area contributed by atoms with Gasteiger partial charge in [-0.25, -0.2) is 0 Å². The van der Waals surface area contributed by atoms with Crippen molar-refractivity contribution in [3.05, 3.63) is 29.8 Å². The van der Waals surface area contributed by atoms with Crippen LogP contribution in [0.2, 0.25) is 0 Å². The first kappa shape index (κ1) is 20.5. The zero-order valence-electron chi connectivity index (χ0n) is 11.9. The average molecular weight is 352 g/mol. The molecule has 1 aromatic carbocycles. The first-order valence-electron chi connectivity index (χ1n) is 6.67. The molecular weight excluding hydrogens is 329 g/mol. The lowest BCUT2D eigenvalue weighted by molar-refractivity contribution is -0.114. The third-order valence-electron chi connectivity index (χ3n) is 3.24. The number of carbonyl (C=O) groups excluding carboxylic acids is 1. The molecule has 0 atom stereocenters. The standard InChI is InChI=1S/C14H21N3OS.2ClH/c15-11-14(18)16-13-3-1-12(2-4-13)5-6-17-7-9-19-10-8-17;;/h1-4H,5-11,15H2,(H,16,18);2*1H. The van der Waals surface area contributed by atoms with E-state index in [0.29, 0.717) is 0 Å². The van der Waals surface area contributed by atoms with Crippen LogP contribution in [-0.2, 0) is 11.2 Å². The van der Waals surface area contributed by atoms with Crippen LogP contribution in [0.3, 0.4) is 0 Å². The van der Waals surface area contributed by atoms with E-state index in [1.54, 1.807) is 0 Å². The van der Waals surface area contributed by atoms with Crippen molar-refractivity contribution in [3.8, 4) is 0 Å². The minimum Gasteiger partial charge on any atom is -0.325 e. The van der Waals surface area contributed by atoms with Gasteiger partial charge in [0.25, 0.3) is 0 Å². The lowest BCUT2D eigenvalue weighted by Crippen LogP contribution is -2.34. The van der Waals surface area contributed by atoms with E-state index in [2.05, 4.69) is 22.3 Å². The Labute approximate surface area is 143 Å². The third-order valence-corrected chi connectivity index (χ3v) is 4.19. The molecule has 1 fully saturated rings. The highest BCUT2D eigenvalue weighted by Crippen LogP contribution is 2.12. The second kappa shape index (κ2) is 11.2. The predicted octanol–water partition coefficient (Wildman–Crippen LogP) is 2.02. The van der Waals surface area contributed by atoms with Crippen LogP contribution in [0.25, 0.3) is 0 Å². The summed E-state index contributed by atoms with van der Waals surface area (Å²) in [6.45, 7) is 3.55. The fourth-order valence-corrected chi connectivity index (χ4v) is 3.06. The molecule has 0 aliphatic carbocycles. The molecule has 1 amide bonds. The Balaban J connectivity index is 0.00000200. The second-order valence-corrected chi connectivity index (χ2v) is 5.88. The normalized spacial score (nSPS) is 14.7. The molecule has 4 nitrogen and oxygen atoms in total. The smallest absolute Gasteiger partial charge is 0.238 e. The Morgan fingerprint density at radius 3 is 2.38 bits per heavy atom. The average Bonchev–Trinajstić information content (AvgIpc) is 2.47. The highest BCUT2D eigenvalue weighted by Gasteiger charge is 2.09. The lowest BCUT2D eigenvalue weighted by atomic mass is 10.1. The van der Waals surface area contributed by atoms with Crippen molar-refractivity contribution in [1.29, 1.82) is 0 Å². The van der Waals surface area contributed by atoms with E-state index >= 15 is 0 Å². The van der Waals surface area contributed by atoms with Crippen LogP contribution >= 0.6 is 36.6 Å². The monoisotopic (exact) mass is 351 g/mol. The maximum Gasteiger partial charge on any atom is 0.238 e. The van der Waals surface area contributed by atoms with Gasteiger partial charge < -0.3 is 16.0 Å². The van der Waals surface area contributed by atoms with Crippen LogP contribution in [0.15, 0.2) is 24.3 Å². The van der Waals surface area contributed by atoms with Gasteiger partial charge in [-0.15, -0.1) is 24.8 Å². The van der Waals surface area contributed by atoms with Gasteiger partial charge >= 0.3 is 0 Å². The van der Waals surface area contributed by atoms with Crippen LogP contribution in [0.1, 0.15) is 5.56 Å². The van der Waals surface area contributed by atoms with Crippen LogP contribution in [-0.4, -0.2) is 48.5 Å². The quantitative estimate of drug-likeness (QED) is 0.851. The van der Waals surface area contributed by atoms with Crippen molar-refractivity contribution < 1.29 is 4.79 Å². The van der Waals surface area contributed by atoms with E-state index in [-0.39, 0.29) is 37.3 Å². The first-order valence-corrected chi connectivity index (χ1v) is 7.82. The van der Waals surface area contributed by atoms with Crippen molar-refractivity contribution >= 4 is 48.2 Å². The Morgan fingerprint density at radius 1 is 1.19 bits per heavy atom. The summed E-state index contributed by atoms with van der Waals surface area (Å²) < 4.78 is 0. The van der Waals surface area contributed by atoms with Gasteiger partial charge in [0.15, 0.2) is 0 Å². The second-order valence-electron chi connectivity index (χ2n) is 4.65. The zero-order chi connectivity index (χ0) is 13.5. The summed E-state index contributed by atoms with van der Waals surface area (Å²) in [5, 5.41) is 2.75. The largest absolute Gasteiger partial charge is 0.325 e. The predicted molar refractivity (Wildman–Crippen MR) is 96.1 cm³/mol. The van der Waals surface area contributed by atoms with E-state index in [4.69, 9.17) is 5.73 Å². The maximum absolute atomic E-state index is 11.2. The molecule has 1 heterocycles. The highest BCUT2D eigenvalue weighted by atomic mass is 35.5. The summed E-state index contributed by atoms with van der Waals surface area (Å²) in [4.78, 5) is 13.7. The highest BCUT2D eigenvalue weighted by molar-refractivity contribution is 7.99. The lowest BCUT2D eigenvalue weighted by Gasteiger charge is -2.26. The molecule has 0 saturated carbocycles. The summed E-state index contributed by atoms with van der Waals surface area (Å²) in [5.41, 5.74) is 7.38. The number of amides is 1. The number of carbonyl (C=O) groups is 1. The molecule has 0 unspecified atom stereocenters. The molecule has 1 saturated heterocycles. The summed E-state index contributed by atoms with van der Waals surface area (Å²) in [6.07, 6.45) is 1.07. The van der Waals surface area contributed by atoms with Crippen molar-refractivity contribution in [2.45, 2.75) is 6.42 Å². The van der Waals surface area contributed by atoms with Crippen LogP contribution in [0, 0.1) is 0 Å². The van der Waals surface area contributed by atoms with Gasteiger partial charge in [-0.3, -0.25) is 4.79 Å². The Bertz CT molecular complexity index is 411. The molecule has 1 aromatic rings. The summed E-state index contributed by atoms with van der Waals surface area (Å²) in [6, 6.07) is 8.03. The molecule has 0 bridgehead atoms. The Hall–Kier alpha value is -0.460. The Kier molecular flexibility index (Phi) is 10.9. The summed E-state index contributed by atoms with van der Waals surface area (Å²) in [5.74, 6) is 2.35. The molecule has 0 spiro atoms. The fraction of sp³-hybridized carbons (Fsp3) is 0.500. The van der Waals surface area contributed by atoms with Crippen molar-refractivity contribution in [2.75, 3.05) is 43.0 Å². The molecule has 2 rings (SSSR count). The number of benzene rings is 1. The number of anilines is 1. The van der Waals surface area contributed by atoms with E-state index in [1.807, 2.05) is 23.9 Å². The van der Waals surface area contributed by atoms with Gasteiger partial charge in [0, 0.05) is 36.8 Å². The molecule has 21 heavy (non-hydrogen) atoms. The third kappa shape index (κ3) is 7.38. The van der Waals surface area contributed by atoms with E-state index in [9.17, 15) is 4.79 Å². The molecular formula is C14H23Cl2N3OS. The minimum atomic E-state index is -0.154. The number of nitrogens with one attached hydrogen (secondary N) is 1. The van der Waals surface area contributed by atoms with Gasteiger partial charge in [0.1, 0.15) is 0 Å². The fourth-order valence-electron chi connectivity index (χ4n) is 2.08. The van der Waals surface area contributed by atoms with Gasteiger partial charge in [0.2, 0.25) is 5.91 Å². The van der Waals surface area contributed by atoms with Crippen molar-refractivity contribution in [2.24, 2.45) is 5.73 Å². The van der Waals surface area contributed by atoms with E-state index < -0.39 is 0 Å². The number of nitrogens with zero attached hydrogens (tertiary/aromatic N) is 1. The molecule has 120 valence electrons. The zero-order valence-corrected chi connectivity index (χ0v) is 14.4. The number of hydrogen-bond acceptors (Lipinski definition) is 4. The molecule has 1 aliphatic rings. The first-order chi connectivity index (χ1) is 9.28. The van der Waals surface area contributed by atoms with E-state index in [1.165, 1.54) is 30.2 Å². The molecule has 0 aromatic heterocycles. The van der Waals surface area contributed by atoms with Gasteiger partial charge in [-0.2, -0.15) is 11.8 Å². The van der Waals surface area contributed by atoms with Crippen LogP contribution in [0.5, 0.6) is 0 Å². The Morgan fingerprint density at radius 2 is 1.81 bits per heavy atom. The molecule has 0 radical (unpaired) electrons. The molecule has 1 aliphatic heterocycles. The minimum absolute atomic E-state index is 0. The SMILES string of the molecule is Cl.Cl.NCC(=O)Nc1ccc(CCN2CCSCC2)cc1. The van der Waals surface area contributed by atoms with Crippen LogP contribution in [0.4, 0.5) is 5.69 Å². The number of thioether (sulfide) groups is 1. The van der Waals surface area contributed by atoms with Crippen molar-refractivity contribution in [1.82, 2.24) is 4.90 Å². The molecule has 3 N–H and O–H groups in total. The summed E-state index contributed by atoms with van der Waals surface area (Å²) in [7, 11) is 0. The van der Waals surface area contributed by atoms with Gasteiger partial charge in [0.05, 0.1) is 6.54 Å². The number of halogens is 2. The summed E-state index contributed by atoms with van der Waals surface area (Å²) >= 11 is 2.04. The van der Waals surface area contributed by atoms with Crippen LogP contribution < -0.4 is 11.1 Å².